The first kappa shape index (κ1) is 10.2. The van der Waals surface area contributed by atoms with Gasteiger partial charge in [0.15, 0.2) is 0 Å². The van der Waals surface area contributed by atoms with E-state index in [4.69, 9.17) is 0 Å². The van der Waals surface area contributed by atoms with E-state index in [0.717, 1.165) is 6.42 Å². The highest BCUT2D eigenvalue weighted by Crippen LogP contribution is 2.33. The lowest BCUT2D eigenvalue weighted by molar-refractivity contribution is 0.544. The first-order valence-corrected chi connectivity index (χ1v) is 5.56. The van der Waals surface area contributed by atoms with Crippen LogP contribution < -0.4 is 0 Å². The van der Waals surface area contributed by atoms with E-state index in [2.05, 4.69) is 63.3 Å². The largest absolute Gasteiger partial charge is 0.0908 e. The van der Waals surface area contributed by atoms with Crippen LogP contribution >= 0.6 is 0 Å². The molecule has 0 radical (unpaired) electrons. The third-order valence-electron chi connectivity index (χ3n) is 3.06. The van der Waals surface area contributed by atoms with Gasteiger partial charge in [-0.05, 0) is 31.4 Å². The zero-order valence-corrected chi connectivity index (χ0v) is 9.75. The zero-order chi connectivity index (χ0) is 10.9. The Kier molecular flexibility index (Phi) is 2.52. The van der Waals surface area contributed by atoms with Gasteiger partial charge in [-0.15, -0.1) is 0 Å². The Morgan fingerprint density at radius 3 is 2.87 bits per heavy atom. The molecule has 0 amide bonds. The Hall–Kier alpha value is -1.30. The van der Waals surface area contributed by atoms with Crippen molar-refractivity contribution in [2.75, 3.05) is 0 Å². The van der Waals surface area contributed by atoms with Crippen molar-refractivity contribution in [1.29, 1.82) is 0 Å². The summed E-state index contributed by atoms with van der Waals surface area (Å²) in [6.07, 6.45) is 10.1. The fourth-order valence-corrected chi connectivity index (χ4v) is 2.28. The number of hydrogen-bond donors (Lipinski definition) is 0. The fraction of sp³-hybridized carbons (Fsp3) is 0.333. The van der Waals surface area contributed by atoms with Crippen LogP contribution in [0.1, 0.15) is 30.5 Å². The molecule has 1 aromatic rings. The second kappa shape index (κ2) is 3.69. The van der Waals surface area contributed by atoms with Gasteiger partial charge in [-0.25, -0.2) is 0 Å². The number of rotatable bonds is 1. The molecule has 0 spiro atoms. The number of hydrogen-bond acceptors (Lipinski definition) is 0. The second-order valence-corrected chi connectivity index (χ2v) is 4.72. The Labute approximate surface area is 92.3 Å². The van der Waals surface area contributed by atoms with E-state index < -0.39 is 0 Å². The second-order valence-electron chi connectivity index (χ2n) is 4.72. The Morgan fingerprint density at radius 2 is 2.13 bits per heavy atom. The summed E-state index contributed by atoms with van der Waals surface area (Å²) in [6, 6.07) is 6.73. The molecule has 1 aromatic carbocycles. The van der Waals surface area contributed by atoms with E-state index in [1.165, 1.54) is 16.7 Å². The molecule has 0 aromatic heterocycles. The molecule has 78 valence electrons. The summed E-state index contributed by atoms with van der Waals surface area (Å²) in [5, 5.41) is 0. The lowest BCUT2D eigenvalue weighted by Gasteiger charge is -2.27. The average molecular weight is 198 g/mol. The van der Waals surface area contributed by atoms with E-state index in [9.17, 15) is 0 Å². The van der Waals surface area contributed by atoms with Gasteiger partial charge in [0, 0.05) is 5.41 Å². The van der Waals surface area contributed by atoms with Gasteiger partial charge in [0.2, 0.25) is 0 Å². The molecule has 0 nitrogen and oxygen atoms in total. The molecule has 0 heteroatoms. The average Bonchev–Trinajstić information content (AvgIpc) is 2.19. The quantitative estimate of drug-likeness (QED) is 0.595. The topological polar surface area (TPSA) is 0 Å². The smallest absolute Gasteiger partial charge is 0.00764 e. The molecule has 2 rings (SSSR count). The minimum absolute atomic E-state index is 0.205. The molecule has 0 saturated carbocycles. The predicted molar refractivity (Wildman–Crippen MR) is 66.8 cm³/mol. The van der Waals surface area contributed by atoms with Gasteiger partial charge in [0.1, 0.15) is 0 Å². The van der Waals surface area contributed by atoms with Crippen molar-refractivity contribution in [2.45, 2.75) is 27.2 Å². The highest BCUT2D eigenvalue weighted by atomic mass is 14.3. The highest BCUT2D eigenvalue weighted by Gasteiger charge is 2.22. The van der Waals surface area contributed by atoms with Crippen molar-refractivity contribution in [2.24, 2.45) is 5.41 Å². The summed E-state index contributed by atoms with van der Waals surface area (Å²) in [6.45, 7) is 6.52. The monoisotopic (exact) mass is 198 g/mol. The van der Waals surface area contributed by atoms with Crippen LogP contribution in [0.3, 0.4) is 0 Å². The molecule has 1 unspecified atom stereocenters. The summed E-state index contributed by atoms with van der Waals surface area (Å²) in [5.41, 5.74) is 4.39. The Bertz CT molecular complexity index is 424. The third-order valence-corrected chi connectivity index (χ3v) is 3.06. The van der Waals surface area contributed by atoms with Crippen LogP contribution in [-0.4, -0.2) is 0 Å². The molecule has 0 bridgehead atoms. The van der Waals surface area contributed by atoms with E-state index >= 15 is 0 Å². The normalized spacial score (nSPS) is 24.5. The van der Waals surface area contributed by atoms with Gasteiger partial charge in [-0.3, -0.25) is 0 Å². The van der Waals surface area contributed by atoms with Crippen molar-refractivity contribution < 1.29 is 0 Å². The van der Waals surface area contributed by atoms with Crippen molar-refractivity contribution >= 4 is 6.08 Å². The van der Waals surface area contributed by atoms with E-state index in [0.29, 0.717) is 0 Å². The van der Waals surface area contributed by atoms with Crippen molar-refractivity contribution in [3.63, 3.8) is 0 Å². The van der Waals surface area contributed by atoms with E-state index in [-0.39, 0.29) is 5.41 Å². The van der Waals surface area contributed by atoms with Crippen LogP contribution in [0.5, 0.6) is 0 Å². The summed E-state index contributed by atoms with van der Waals surface area (Å²) < 4.78 is 0. The lowest BCUT2D eigenvalue weighted by atomic mass is 9.77. The van der Waals surface area contributed by atoms with Crippen LogP contribution in [0, 0.1) is 12.3 Å². The van der Waals surface area contributed by atoms with Gasteiger partial charge < -0.3 is 0 Å². The van der Waals surface area contributed by atoms with Crippen LogP contribution in [0.2, 0.25) is 0 Å². The number of benzene rings is 1. The van der Waals surface area contributed by atoms with E-state index in [1.54, 1.807) is 0 Å². The first-order valence-electron chi connectivity index (χ1n) is 5.56. The van der Waals surface area contributed by atoms with Crippen LogP contribution in [0.15, 0.2) is 36.4 Å². The molecular weight excluding hydrogens is 180 g/mol. The SMILES string of the molecule is C/C=C/C1(C)C=Cc2cc(C)ccc2C1. The molecule has 1 atom stereocenters. The molecule has 0 N–H and O–H groups in total. The van der Waals surface area contributed by atoms with Crippen molar-refractivity contribution in [3.8, 4) is 0 Å². The maximum Gasteiger partial charge on any atom is 0.00764 e. The van der Waals surface area contributed by atoms with Gasteiger partial charge in [0.05, 0.1) is 0 Å². The summed E-state index contributed by atoms with van der Waals surface area (Å²) in [4.78, 5) is 0. The molecule has 1 aliphatic rings. The first-order chi connectivity index (χ1) is 7.13. The highest BCUT2D eigenvalue weighted by molar-refractivity contribution is 5.59. The standard InChI is InChI=1S/C15H18/c1-4-8-15(3)9-7-13-10-12(2)5-6-14(13)11-15/h4-10H,11H2,1-3H3/b8-4+. The summed E-state index contributed by atoms with van der Waals surface area (Å²) >= 11 is 0. The summed E-state index contributed by atoms with van der Waals surface area (Å²) in [5.74, 6) is 0. The minimum atomic E-state index is 0.205. The van der Waals surface area contributed by atoms with Crippen LogP contribution in [0.4, 0.5) is 0 Å². The van der Waals surface area contributed by atoms with E-state index in [1.807, 2.05) is 0 Å². The molecule has 0 fully saturated rings. The maximum atomic E-state index is 2.31. The Balaban J connectivity index is 2.39. The zero-order valence-electron chi connectivity index (χ0n) is 9.75. The lowest BCUT2D eigenvalue weighted by Crippen LogP contribution is -2.17. The molecule has 15 heavy (non-hydrogen) atoms. The third kappa shape index (κ3) is 2.04. The fourth-order valence-electron chi connectivity index (χ4n) is 2.28. The van der Waals surface area contributed by atoms with Crippen molar-refractivity contribution in [1.82, 2.24) is 0 Å². The number of fused-ring (bicyclic) bond motifs is 1. The van der Waals surface area contributed by atoms with Gasteiger partial charge in [-0.2, -0.15) is 0 Å². The predicted octanol–water partition coefficient (Wildman–Crippen LogP) is 4.15. The molecule has 1 aliphatic carbocycles. The van der Waals surface area contributed by atoms with Crippen molar-refractivity contribution in [3.05, 3.63) is 53.1 Å². The molecule has 0 heterocycles. The van der Waals surface area contributed by atoms with Gasteiger partial charge >= 0.3 is 0 Å². The molecule has 0 aliphatic heterocycles. The maximum absolute atomic E-state index is 2.31. The number of allylic oxidation sites excluding steroid dienone is 3. The molecular formula is C15H18. The van der Waals surface area contributed by atoms with Crippen LogP contribution in [-0.2, 0) is 6.42 Å². The summed E-state index contributed by atoms with van der Waals surface area (Å²) in [7, 11) is 0. The van der Waals surface area contributed by atoms with Crippen LogP contribution in [0.25, 0.3) is 6.08 Å². The Morgan fingerprint density at radius 1 is 1.33 bits per heavy atom. The number of aryl methyl sites for hydroxylation is 1. The van der Waals surface area contributed by atoms with Gasteiger partial charge in [-0.1, -0.05) is 55.0 Å². The molecule has 0 saturated heterocycles. The minimum Gasteiger partial charge on any atom is -0.0908 e. The van der Waals surface area contributed by atoms with Gasteiger partial charge in [0.25, 0.3) is 0 Å².